The molecule has 0 radical (unpaired) electrons. The second-order valence-electron chi connectivity index (χ2n) is 7.60. The Morgan fingerprint density at radius 2 is 2.00 bits per heavy atom. The third kappa shape index (κ3) is 4.24. The summed E-state index contributed by atoms with van der Waals surface area (Å²) in [4.78, 5) is 34.2. The summed E-state index contributed by atoms with van der Waals surface area (Å²) in [6.07, 6.45) is 4.40. The molecule has 8 heteroatoms. The maximum Gasteiger partial charge on any atom is 0.254 e. The van der Waals surface area contributed by atoms with Crippen molar-refractivity contribution in [2.24, 2.45) is 0 Å². The summed E-state index contributed by atoms with van der Waals surface area (Å²) in [5, 5.41) is 11.2. The molecule has 4 rings (SSSR count). The molecular weight excluding hydrogens is 373 g/mol. The van der Waals surface area contributed by atoms with Gasteiger partial charge in [-0.15, -0.1) is 0 Å². The molecule has 1 N–H and O–H groups in total. The summed E-state index contributed by atoms with van der Waals surface area (Å²) in [5.41, 5.74) is 2.64. The number of rotatable bonds is 6. The van der Waals surface area contributed by atoms with Crippen LogP contribution in [0.2, 0.25) is 0 Å². The van der Waals surface area contributed by atoms with Crippen LogP contribution in [-0.4, -0.2) is 46.4 Å². The van der Waals surface area contributed by atoms with Crippen LogP contribution in [0.4, 0.5) is 10.3 Å². The summed E-state index contributed by atoms with van der Waals surface area (Å²) in [5.74, 6) is -0.441. The fourth-order valence-electron chi connectivity index (χ4n) is 3.35. The molecule has 2 unspecified atom stereocenters. The first-order valence-electron chi connectivity index (χ1n) is 9.51. The summed E-state index contributed by atoms with van der Waals surface area (Å²) < 4.78 is 13.7. The summed E-state index contributed by atoms with van der Waals surface area (Å²) >= 11 is 0. The fourth-order valence-corrected chi connectivity index (χ4v) is 3.35. The lowest BCUT2D eigenvalue weighted by atomic mass is 9.97. The number of benzene rings is 1. The Kier molecular flexibility index (Phi) is 4.97. The quantitative estimate of drug-likeness (QED) is 0.814. The molecule has 1 aromatic carbocycles. The number of amides is 2. The van der Waals surface area contributed by atoms with Gasteiger partial charge in [-0.25, -0.2) is 14.4 Å². The Morgan fingerprint density at radius 3 is 2.59 bits per heavy atom. The lowest BCUT2D eigenvalue weighted by Gasteiger charge is -2.19. The van der Waals surface area contributed by atoms with Gasteiger partial charge in [-0.3, -0.25) is 14.9 Å². The van der Waals surface area contributed by atoms with Crippen LogP contribution in [0.1, 0.15) is 58.1 Å². The molecule has 29 heavy (non-hydrogen) atoms. The van der Waals surface area contributed by atoms with Crippen LogP contribution in [0, 0.1) is 11.3 Å². The summed E-state index contributed by atoms with van der Waals surface area (Å²) in [7, 11) is 1.53. The van der Waals surface area contributed by atoms with E-state index in [9.17, 15) is 14.0 Å². The molecular formula is C21H20FN5O2. The molecule has 0 spiro atoms. The van der Waals surface area contributed by atoms with E-state index in [1.54, 1.807) is 6.07 Å². The number of aromatic nitrogens is 2. The number of hydrogen-bond donors (Lipinski definition) is 1. The predicted molar refractivity (Wildman–Crippen MR) is 103 cm³/mol. The molecule has 2 amide bonds. The number of hydrogen-bond acceptors (Lipinski definition) is 5. The van der Waals surface area contributed by atoms with Crippen molar-refractivity contribution < 1.29 is 14.0 Å². The van der Waals surface area contributed by atoms with Crippen molar-refractivity contribution in [3.63, 3.8) is 0 Å². The van der Waals surface area contributed by atoms with Crippen molar-refractivity contribution in [2.45, 2.75) is 37.3 Å². The molecule has 148 valence electrons. The largest absolute Gasteiger partial charge is 0.332 e. The molecule has 2 aliphatic rings. The average Bonchev–Trinajstić information content (AvgIpc) is 3.64. The molecule has 0 saturated heterocycles. The molecule has 0 aliphatic heterocycles. The van der Waals surface area contributed by atoms with Gasteiger partial charge >= 0.3 is 0 Å². The van der Waals surface area contributed by atoms with Gasteiger partial charge in [0.25, 0.3) is 5.91 Å². The van der Waals surface area contributed by atoms with Gasteiger partial charge in [0.2, 0.25) is 11.9 Å². The van der Waals surface area contributed by atoms with Crippen LogP contribution in [0.3, 0.4) is 0 Å². The van der Waals surface area contributed by atoms with E-state index in [4.69, 9.17) is 5.26 Å². The fraction of sp³-hybridized carbons (Fsp3) is 0.381. The Bertz CT molecular complexity index is 997. The number of halogens is 1. The van der Waals surface area contributed by atoms with Gasteiger partial charge < -0.3 is 4.90 Å². The number of likely N-dealkylation sites (N-methyl/N-ethyl adjacent to an activating group) is 1. The number of nitriles is 1. The molecule has 1 aromatic heterocycles. The van der Waals surface area contributed by atoms with Gasteiger partial charge in [-0.05, 0) is 42.4 Å². The summed E-state index contributed by atoms with van der Waals surface area (Å²) in [6.45, 7) is -0.199. The first-order chi connectivity index (χ1) is 14.0. The lowest BCUT2D eigenvalue weighted by molar-refractivity contribution is -0.116. The van der Waals surface area contributed by atoms with Crippen LogP contribution in [0.15, 0.2) is 30.6 Å². The van der Waals surface area contributed by atoms with E-state index >= 15 is 0 Å². The standard InChI is InChI=1S/C21H20FN5O2/c1-27(11-19(28)26-21-24-9-12(8-23)10-25-21)20(29)15-5-4-14(13-2-3-13)6-16(15)17-7-18(17)22/h4-6,9-10,13,17-18H,2-3,7,11H2,1H3,(H,24,25,26,28). The number of nitrogens with zero attached hydrogens (tertiary/aromatic N) is 4. The van der Waals surface area contributed by atoms with E-state index in [-0.39, 0.29) is 29.9 Å². The second kappa shape index (κ2) is 7.59. The molecule has 2 atom stereocenters. The van der Waals surface area contributed by atoms with Gasteiger partial charge in [0, 0.05) is 18.5 Å². The van der Waals surface area contributed by atoms with Crippen LogP contribution >= 0.6 is 0 Å². The number of anilines is 1. The smallest absolute Gasteiger partial charge is 0.254 e. The second-order valence-corrected chi connectivity index (χ2v) is 7.60. The van der Waals surface area contributed by atoms with Crippen LogP contribution in [-0.2, 0) is 4.79 Å². The van der Waals surface area contributed by atoms with Crippen molar-refractivity contribution in [1.82, 2.24) is 14.9 Å². The van der Waals surface area contributed by atoms with Crippen molar-refractivity contribution in [1.29, 1.82) is 5.26 Å². The number of alkyl halides is 1. The van der Waals surface area contributed by atoms with Crippen molar-refractivity contribution in [3.8, 4) is 6.07 Å². The number of carbonyl (C=O) groups is 2. The van der Waals surface area contributed by atoms with Crippen molar-refractivity contribution >= 4 is 17.8 Å². The number of nitrogens with one attached hydrogen (secondary N) is 1. The minimum absolute atomic E-state index is 0.0579. The highest BCUT2D eigenvalue weighted by atomic mass is 19.1. The van der Waals surface area contributed by atoms with Gasteiger partial charge in [-0.1, -0.05) is 12.1 Å². The molecule has 0 bridgehead atoms. The minimum atomic E-state index is -0.905. The first kappa shape index (κ1) is 19.0. The average molecular weight is 393 g/mol. The van der Waals surface area contributed by atoms with Crippen LogP contribution in [0.25, 0.3) is 0 Å². The Morgan fingerprint density at radius 1 is 1.31 bits per heavy atom. The Balaban J connectivity index is 1.44. The molecule has 1 heterocycles. The lowest BCUT2D eigenvalue weighted by Crippen LogP contribution is -2.35. The molecule has 7 nitrogen and oxygen atoms in total. The minimum Gasteiger partial charge on any atom is -0.332 e. The highest BCUT2D eigenvalue weighted by Crippen LogP contribution is 2.47. The highest BCUT2D eigenvalue weighted by molar-refractivity contribution is 6.00. The zero-order valence-corrected chi connectivity index (χ0v) is 15.9. The Labute approximate surface area is 167 Å². The molecule has 2 aliphatic carbocycles. The van der Waals surface area contributed by atoms with E-state index < -0.39 is 12.1 Å². The van der Waals surface area contributed by atoms with Crippen LogP contribution < -0.4 is 5.32 Å². The van der Waals surface area contributed by atoms with E-state index in [0.717, 1.165) is 24.0 Å². The predicted octanol–water partition coefficient (Wildman–Crippen LogP) is 2.76. The third-order valence-corrected chi connectivity index (χ3v) is 5.23. The maximum atomic E-state index is 13.7. The van der Waals surface area contributed by atoms with Crippen LogP contribution in [0.5, 0.6) is 0 Å². The SMILES string of the molecule is CN(CC(=O)Nc1ncc(C#N)cn1)C(=O)c1ccc(C2CC2)cc1C1CC1F. The van der Waals surface area contributed by atoms with E-state index in [0.29, 0.717) is 17.9 Å². The monoisotopic (exact) mass is 393 g/mol. The van der Waals surface area contributed by atoms with Gasteiger partial charge in [-0.2, -0.15) is 5.26 Å². The Hall–Kier alpha value is -3.34. The highest BCUT2D eigenvalue weighted by Gasteiger charge is 2.41. The molecule has 2 fully saturated rings. The normalized spacial score (nSPS) is 19.9. The zero-order chi connectivity index (χ0) is 20.5. The maximum absolute atomic E-state index is 13.7. The third-order valence-electron chi connectivity index (χ3n) is 5.23. The molecule has 2 saturated carbocycles. The topological polar surface area (TPSA) is 99.0 Å². The van der Waals surface area contributed by atoms with Gasteiger partial charge in [0.15, 0.2) is 0 Å². The van der Waals surface area contributed by atoms with E-state index in [2.05, 4.69) is 15.3 Å². The van der Waals surface area contributed by atoms with Gasteiger partial charge in [0.05, 0.1) is 24.5 Å². The van der Waals surface area contributed by atoms with Crippen molar-refractivity contribution in [3.05, 3.63) is 52.8 Å². The molecule has 2 aromatic rings. The van der Waals surface area contributed by atoms with E-state index in [1.807, 2.05) is 18.2 Å². The van der Waals surface area contributed by atoms with E-state index in [1.165, 1.54) is 24.3 Å². The zero-order valence-electron chi connectivity index (χ0n) is 15.9. The van der Waals surface area contributed by atoms with Gasteiger partial charge in [0.1, 0.15) is 12.2 Å². The number of carbonyl (C=O) groups excluding carboxylic acids is 2. The summed E-state index contributed by atoms with van der Waals surface area (Å²) in [6, 6.07) is 7.55. The first-order valence-corrected chi connectivity index (χ1v) is 9.51. The van der Waals surface area contributed by atoms with Crippen molar-refractivity contribution in [2.75, 3.05) is 18.9 Å².